The second-order valence-electron chi connectivity index (χ2n) is 3.67. The number of H-pyrrole nitrogens is 1. The zero-order valence-corrected chi connectivity index (χ0v) is 9.12. The molecule has 0 unspecified atom stereocenters. The van der Waals surface area contributed by atoms with Gasteiger partial charge in [-0.1, -0.05) is 6.07 Å². The molecule has 0 amide bonds. The van der Waals surface area contributed by atoms with E-state index in [0.29, 0.717) is 16.7 Å². The number of aromatic nitrogens is 1. The molecule has 84 valence electrons. The second kappa shape index (κ2) is 4.22. The molecular formula is C13H9FN2O. The molecule has 0 bridgehead atoms. The number of pyridine rings is 1. The van der Waals surface area contributed by atoms with Gasteiger partial charge in [0.2, 0.25) is 0 Å². The van der Waals surface area contributed by atoms with Crippen molar-refractivity contribution in [3.05, 3.63) is 57.8 Å². The second-order valence-corrected chi connectivity index (χ2v) is 3.67. The lowest BCUT2D eigenvalue weighted by Gasteiger charge is -2.05. The van der Waals surface area contributed by atoms with E-state index in [1.807, 2.05) is 6.07 Å². The quantitative estimate of drug-likeness (QED) is 0.814. The zero-order valence-electron chi connectivity index (χ0n) is 9.12. The molecule has 1 N–H and O–H groups in total. The lowest BCUT2D eigenvalue weighted by molar-refractivity contribution is 0.619. The van der Waals surface area contributed by atoms with Gasteiger partial charge < -0.3 is 4.98 Å². The van der Waals surface area contributed by atoms with Crippen LogP contribution in [0.3, 0.4) is 0 Å². The Morgan fingerprint density at radius 2 is 2.12 bits per heavy atom. The molecule has 4 heteroatoms. The Bertz CT molecular complexity index is 668. The van der Waals surface area contributed by atoms with Crippen LogP contribution >= 0.6 is 0 Å². The van der Waals surface area contributed by atoms with Crippen molar-refractivity contribution in [2.75, 3.05) is 0 Å². The van der Waals surface area contributed by atoms with Crippen LogP contribution in [0.15, 0.2) is 35.3 Å². The molecule has 0 spiro atoms. The van der Waals surface area contributed by atoms with E-state index >= 15 is 0 Å². The van der Waals surface area contributed by atoms with E-state index in [4.69, 9.17) is 5.26 Å². The monoisotopic (exact) mass is 228 g/mol. The largest absolute Gasteiger partial charge is 0.328 e. The van der Waals surface area contributed by atoms with Crippen molar-refractivity contribution < 1.29 is 4.39 Å². The number of halogens is 1. The fourth-order valence-electron chi connectivity index (χ4n) is 1.64. The van der Waals surface area contributed by atoms with Gasteiger partial charge in [0.1, 0.15) is 17.4 Å². The number of rotatable bonds is 1. The third-order valence-electron chi connectivity index (χ3n) is 2.54. The fourth-order valence-corrected chi connectivity index (χ4v) is 1.64. The minimum Gasteiger partial charge on any atom is -0.328 e. The Kier molecular flexibility index (Phi) is 2.75. The molecule has 0 saturated carbocycles. The molecule has 17 heavy (non-hydrogen) atoms. The summed E-state index contributed by atoms with van der Waals surface area (Å²) in [5, 5.41) is 8.94. The Labute approximate surface area is 97.2 Å². The molecule has 2 aromatic rings. The number of aryl methyl sites for hydroxylation is 1. The van der Waals surface area contributed by atoms with Gasteiger partial charge in [-0.25, -0.2) is 4.39 Å². The van der Waals surface area contributed by atoms with Gasteiger partial charge in [0.05, 0.1) is 0 Å². The number of nitrogens with zero attached hydrogens (tertiary/aromatic N) is 1. The predicted octanol–water partition coefficient (Wildman–Crippen LogP) is 2.36. The molecule has 0 saturated heterocycles. The minimum absolute atomic E-state index is 0.0403. The van der Waals surface area contributed by atoms with E-state index in [0.717, 1.165) is 0 Å². The first-order valence-corrected chi connectivity index (χ1v) is 5.02. The van der Waals surface area contributed by atoms with Gasteiger partial charge in [0.25, 0.3) is 5.56 Å². The summed E-state index contributed by atoms with van der Waals surface area (Å²) in [5.74, 6) is -0.308. The third kappa shape index (κ3) is 1.95. The molecule has 1 heterocycles. The van der Waals surface area contributed by atoms with Gasteiger partial charge in [-0.3, -0.25) is 4.79 Å². The summed E-state index contributed by atoms with van der Waals surface area (Å²) < 4.78 is 13.1. The summed E-state index contributed by atoms with van der Waals surface area (Å²) in [5.41, 5.74) is 1.25. The van der Waals surface area contributed by atoms with E-state index < -0.39 is 5.56 Å². The zero-order chi connectivity index (χ0) is 12.4. The number of hydrogen-bond acceptors (Lipinski definition) is 2. The molecule has 0 atom stereocenters. The molecule has 2 rings (SSSR count). The van der Waals surface area contributed by atoms with E-state index in [9.17, 15) is 9.18 Å². The van der Waals surface area contributed by atoms with Crippen LogP contribution in [0.5, 0.6) is 0 Å². The van der Waals surface area contributed by atoms with E-state index in [1.54, 1.807) is 25.1 Å². The third-order valence-corrected chi connectivity index (χ3v) is 2.54. The maximum Gasteiger partial charge on any atom is 0.266 e. The number of hydrogen-bond donors (Lipinski definition) is 1. The highest BCUT2D eigenvalue weighted by Gasteiger charge is 2.09. The smallest absolute Gasteiger partial charge is 0.266 e. The Hall–Kier alpha value is -2.41. The van der Waals surface area contributed by atoms with Gasteiger partial charge in [-0.15, -0.1) is 0 Å². The molecule has 1 aromatic carbocycles. The van der Waals surface area contributed by atoms with Crippen LogP contribution in [0.25, 0.3) is 11.1 Å². The number of nitrogens with one attached hydrogen (secondary N) is 1. The van der Waals surface area contributed by atoms with Gasteiger partial charge in [-0.05, 0) is 36.2 Å². The van der Waals surface area contributed by atoms with Crippen molar-refractivity contribution in [1.29, 1.82) is 5.26 Å². The first-order valence-electron chi connectivity index (χ1n) is 5.02. The molecule has 0 fully saturated rings. The molecule has 3 nitrogen and oxygen atoms in total. The summed E-state index contributed by atoms with van der Waals surface area (Å²) >= 11 is 0. The van der Waals surface area contributed by atoms with Crippen LogP contribution < -0.4 is 5.56 Å². The van der Waals surface area contributed by atoms with Crippen LogP contribution in [-0.4, -0.2) is 4.98 Å². The van der Waals surface area contributed by atoms with E-state index in [-0.39, 0.29) is 11.4 Å². The fraction of sp³-hybridized carbons (Fsp3) is 0.0769. The SMILES string of the molecule is Cc1cc(-c2cc[nH]c(=O)c2C#N)ccc1F. The highest BCUT2D eigenvalue weighted by atomic mass is 19.1. The molecule has 1 aromatic heterocycles. The minimum atomic E-state index is -0.438. The van der Waals surface area contributed by atoms with Gasteiger partial charge in [-0.2, -0.15) is 5.26 Å². The average Bonchev–Trinajstić information content (AvgIpc) is 2.32. The summed E-state index contributed by atoms with van der Waals surface area (Å²) in [4.78, 5) is 13.9. The van der Waals surface area contributed by atoms with Crippen molar-refractivity contribution >= 4 is 0 Å². The first-order chi connectivity index (χ1) is 8.13. The maximum absolute atomic E-state index is 13.1. The molecule has 0 radical (unpaired) electrons. The van der Waals surface area contributed by atoms with Gasteiger partial charge in [0, 0.05) is 11.8 Å². The number of nitriles is 1. The summed E-state index contributed by atoms with van der Waals surface area (Å²) in [6.45, 7) is 1.64. The molecular weight excluding hydrogens is 219 g/mol. The van der Waals surface area contributed by atoms with Crippen molar-refractivity contribution in [2.24, 2.45) is 0 Å². The highest BCUT2D eigenvalue weighted by Crippen LogP contribution is 2.22. The highest BCUT2D eigenvalue weighted by molar-refractivity contribution is 5.70. The van der Waals surface area contributed by atoms with Crippen molar-refractivity contribution in [3.8, 4) is 17.2 Å². The Balaban J connectivity index is 2.69. The standard InChI is InChI=1S/C13H9FN2O/c1-8-6-9(2-3-12(8)14)10-4-5-16-13(17)11(10)7-15/h2-6H,1H3,(H,16,17). The van der Waals surface area contributed by atoms with Crippen LogP contribution in [-0.2, 0) is 0 Å². The van der Waals surface area contributed by atoms with Crippen molar-refractivity contribution in [2.45, 2.75) is 6.92 Å². The summed E-state index contributed by atoms with van der Waals surface area (Å²) in [6, 6.07) is 7.99. The summed E-state index contributed by atoms with van der Waals surface area (Å²) in [7, 11) is 0. The van der Waals surface area contributed by atoms with Crippen molar-refractivity contribution in [1.82, 2.24) is 4.98 Å². The van der Waals surface area contributed by atoms with Gasteiger partial charge in [0.15, 0.2) is 0 Å². The maximum atomic E-state index is 13.1. The van der Waals surface area contributed by atoms with E-state index in [1.165, 1.54) is 12.3 Å². The Morgan fingerprint density at radius 1 is 1.35 bits per heavy atom. The average molecular weight is 228 g/mol. The lowest BCUT2D eigenvalue weighted by Crippen LogP contribution is -2.10. The first kappa shape index (κ1) is 11.1. The predicted molar refractivity (Wildman–Crippen MR) is 61.9 cm³/mol. The lowest BCUT2D eigenvalue weighted by atomic mass is 10.0. The van der Waals surface area contributed by atoms with E-state index in [2.05, 4.69) is 4.98 Å². The molecule has 0 aliphatic heterocycles. The number of aromatic amines is 1. The normalized spacial score (nSPS) is 9.94. The van der Waals surface area contributed by atoms with Crippen LogP contribution in [0.4, 0.5) is 4.39 Å². The summed E-state index contributed by atoms with van der Waals surface area (Å²) in [6.07, 6.45) is 1.47. The Morgan fingerprint density at radius 3 is 2.76 bits per heavy atom. The van der Waals surface area contributed by atoms with Crippen LogP contribution in [0.2, 0.25) is 0 Å². The van der Waals surface area contributed by atoms with Crippen LogP contribution in [0.1, 0.15) is 11.1 Å². The van der Waals surface area contributed by atoms with Crippen molar-refractivity contribution in [3.63, 3.8) is 0 Å². The van der Waals surface area contributed by atoms with Gasteiger partial charge >= 0.3 is 0 Å². The number of benzene rings is 1. The molecule has 0 aliphatic carbocycles. The molecule has 0 aliphatic rings. The van der Waals surface area contributed by atoms with Crippen LogP contribution in [0, 0.1) is 24.1 Å². The topological polar surface area (TPSA) is 56.6 Å².